The standard InChI is InChI=1S/C41H29N3/c1-4-13-34(14-5-1)43(35-15-6-2-7-16-35)37-27-24-31(25-28-37)30-20-22-33(23-21-30)41-42-39-29-26-32-12-10-11-19-38(32)40(39)44(41)36-17-8-3-9-18-36/h1-29H. The lowest BCUT2D eigenvalue weighted by atomic mass is 10.0. The topological polar surface area (TPSA) is 21.1 Å². The number of aromatic nitrogens is 2. The van der Waals surface area contributed by atoms with Gasteiger partial charge < -0.3 is 4.90 Å². The Morgan fingerprint density at radius 2 is 0.909 bits per heavy atom. The first kappa shape index (κ1) is 25.8. The monoisotopic (exact) mass is 563 g/mol. The quantitative estimate of drug-likeness (QED) is 0.201. The molecular formula is C41H29N3. The molecule has 8 rings (SSSR count). The average molecular weight is 564 g/mol. The van der Waals surface area contributed by atoms with Crippen LogP contribution >= 0.6 is 0 Å². The van der Waals surface area contributed by atoms with Gasteiger partial charge in [-0.05, 0) is 71.1 Å². The number of fused-ring (bicyclic) bond motifs is 3. The van der Waals surface area contributed by atoms with Crippen LogP contribution in [0.2, 0.25) is 0 Å². The summed E-state index contributed by atoms with van der Waals surface area (Å²) in [6, 6.07) is 61.9. The largest absolute Gasteiger partial charge is 0.311 e. The minimum Gasteiger partial charge on any atom is -0.311 e. The molecule has 44 heavy (non-hydrogen) atoms. The van der Waals surface area contributed by atoms with Gasteiger partial charge in [0.15, 0.2) is 0 Å². The number of anilines is 3. The van der Waals surface area contributed by atoms with Gasteiger partial charge in [-0.3, -0.25) is 4.57 Å². The summed E-state index contributed by atoms with van der Waals surface area (Å²) in [6.07, 6.45) is 0. The minimum absolute atomic E-state index is 0.936. The van der Waals surface area contributed by atoms with Crippen molar-refractivity contribution in [3.05, 3.63) is 176 Å². The van der Waals surface area contributed by atoms with Gasteiger partial charge in [0, 0.05) is 33.7 Å². The lowest BCUT2D eigenvalue weighted by Crippen LogP contribution is -2.09. The molecule has 3 nitrogen and oxygen atoms in total. The molecule has 0 bridgehead atoms. The van der Waals surface area contributed by atoms with Crippen molar-refractivity contribution >= 4 is 38.9 Å². The first-order valence-corrected chi connectivity index (χ1v) is 14.9. The summed E-state index contributed by atoms with van der Waals surface area (Å²) in [5.41, 5.74) is 10.0. The fourth-order valence-corrected chi connectivity index (χ4v) is 6.08. The highest BCUT2D eigenvalue weighted by Crippen LogP contribution is 2.37. The zero-order valence-electron chi connectivity index (χ0n) is 24.1. The Morgan fingerprint density at radius 1 is 0.409 bits per heavy atom. The molecule has 0 aliphatic rings. The second-order valence-electron chi connectivity index (χ2n) is 10.9. The second-order valence-corrected chi connectivity index (χ2v) is 10.9. The van der Waals surface area contributed by atoms with E-state index in [0.717, 1.165) is 45.2 Å². The van der Waals surface area contributed by atoms with Crippen LogP contribution in [-0.2, 0) is 0 Å². The third kappa shape index (κ3) is 4.61. The summed E-state index contributed by atoms with van der Waals surface area (Å²) in [7, 11) is 0. The van der Waals surface area contributed by atoms with E-state index in [9.17, 15) is 0 Å². The summed E-state index contributed by atoms with van der Waals surface area (Å²) in [5, 5.41) is 2.41. The Balaban J connectivity index is 1.17. The lowest BCUT2D eigenvalue weighted by Gasteiger charge is -2.25. The average Bonchev–Trinajstić information content (AvgIpc) is 3.51. The van der Waals surface area contributed by atoms with Crippen LogP contribution in [0.1, 0.15) is 0 Å². The molecule has 208 valence electrons. The SMILES string of the molecule is c1ccc(N(c2ccccc2)c2ccc(-c3ccc(-c4nc5ccc6ccccc6c5n4-c4ccccc4)cc3)cc2)cc1. The minimum atomic E-state index is 0.936. The Hall–Kier alpha value is -5.93. The van der Waals surface area contributed by atoms with Crippen molar-refractivity contribution in [3.8, 4) is 28.2 Å². The number of imidazole rings is 1. The Kier molecular flexibility index (Phi) is 6.47. The summed E-state index contributed by atoms with van der Waals surface area (Å²) in [4.78, 5) is 7.44. The fraction of sp³-hybridized carbons (Fsp3) is 0. The van der Waals surface area contributed by atoms with Crippen LogP contribution in [0.15, 0.2) is 176 Å². The molecule has 0 fully saturated rings. The molecule has 0 aliphatic heterocycles. The van der Waals surface area contributed by atoms with E-state index in [0.29, 0.717) is 0 Å². The third-order valence-electron chi connectivity index (χ3n) is 8.19. The molecule has 0 spiro atoms. The van der Waals surface area contributed by atoms with Gasteiger partial charge in [-0.15, -0.1) is 0 Å². The normalized spacial score (nSPS) is 11.2. The third-order valence-corrected chi connectivity index (χ3v) is 8.19. The summed E-state index contributed by atoms with van der Waals surface area (Å²) in [5.74, 6) is 0.936. The van der Waals surface area contributed by atoms with E-state index in [1.165, 1.54) is 21.9 Å². The van der Waals surface area contributed by atoms with Crippen molar-refractivity contribution in [3.63, 3.8) is 0 Å². The number of hydrogen-bond donors (Lipinski definition) is 0. The molecule has 1 heterocycles. The van der Waals surface area contributed by atoms with E-state index in [1.807, 2.05) is 0 Å². The van der Waals surface area contributed by atoms with E-state index in [2.05, 4.69) is 185 Å². The van der Waals surface area contributed by atoms with Crippen LogP contribution in [0.25, 0.3) is 50.0 Å². The molecule has 0 saturated carbocycles. The molecule has 1 aromatic heterocycles. The molecule has 0 saturated heterocycles. The maximum atomic E-state index is 5.16. The smallest absolute Gasteiger partial charge is 0.145 e. The van der Waals surface area contributed by atoms with Gasteiger partial charge in [0.25, 0.3) is 0 Å². The fourth-order valence-electron chi connectivity index (χ4n) is 6.08. The van der Waals surface area contributed by atoms with Crippen LogP contribution in [0.3, 0.4) is 0 Å². The number of rotatable bonds is 6. The van der Waals surface area contributed by atoms with Crippen molar-refractivity contribution in [1.82, 2.24) is 9.55 Å². The van der Waals surface area contributed by atoms with Crippen molar-refractivity contribution < 1.29 is 0 Å². The molecule has 3 heteroatoms. The van der Waals surface area contributed by atoms with Crippen LogP contribution in [0.4, 0.5) is 17.1 Å². The molecular weight excluding hydrogens is 534 g/mol. The molecule has 7 aromatic carbocycles. The van der Waals surface area contributed by atoms with Crippen LogP contribution < -0.4 is 4.90 Å². The van der Waals surface area contributed by atoms with Gasteiger partial charge in [-0.1, -0.05) is 121 Å². The molecule has 0 aliphatic carbocycles. The number of nitrogens with zero attached hydrogens (tertiary/aromatic N) is 3. The van der Waals surface area contributed by atoms with Crippen molar-refractivity contribution in [2.75, 3.05) is 4.90 Å². The van der Waals surface area contributed by atoms with Gasteiger partial charge in [0.1, 0.15) is 5.82 Å². The van der Waals surface area contributed by atoms with Crippen molar-refractivity contribution in [2.24, 2.45) is 0 Å². The van der Waals surface area contributed by atoms with E-state index in [4.69, 9.17) is 4.98 Å². The molecule has 0 unspecified atom stereocenters. The first-order valence-electron chi connectivity index (χ1n) is 14.9. The summed E-state index contributed by atoms with van der Waals surface area (Å²) in [6.45, 7) is 0. The van der Waals surface area contributed by atoms with E-state index >= 15 is 0 Å². The molecule has 0 radical (unpaired) electrons. The maximum Gasteiger partial charge on any atom is 0.145 e. The predicted octanol–water partition coefficient (Wildman–Crippen LogP) is 11.0. The highest BCUT2D eigenvalue weighted by Gasteiger charge is 2.17. The zero-order valence-corrected chi connectivity index (χ0v) is 24.1. The second kappa shape index (κ2) is 11.0. The van der Waals surface area contributed by atoms with Gasteiger partial charge in [-0.2, -0.15) is 0 Å². The van der Waals surface area contributed by atoms with Crippen LogP contribution in [0, 0.1) is 0 Å². The zero-order chi connectivity index (χ0) is 29.3. The lowest BCUT2D eigenvalue weighted by molar-refractivity contribution is 1.11. The van der Waals surface area contributed by atoms with E-state index in [1.54, 1.807) is 0 Å². The highest BCUT2D eigenvalue weighted by molar-refractivity contribution is 6.06. The van der Waals surface area contributed by atoms with Crippen molar-refractivity contribution in [2.45, 2.75) is 0 Å². The number of hydrogen-bond acceptors (Lipinski definition) is 2. The van der Waals surface area contributed by atoms with Gasteiger partial charge in [0.2, 0.25) is 0 Å². The maximum absolute atomic E-state index is 5.16. The molecule has 0 N–H and O–H groups in total. The van der Waals surface area contributed by atoms with Gasteiger partial charge in [0.05, 0.1) is 11.0 Å². The van der Waals surface area contributed by atoms with Crippen LogP contribution in [0.5, 0.6) is 0 Å². The van der Waals surface area contributed by atoms with E-state index < -0.39 is 0 Å². The summed E-state index contributed by atoms with van der Waals surface area (Å²) >= 11 is 0. The van der Waals surface area contributed by atoms with Gasteiger partial charge in [-0.25, -0.2) is 4.98 Å². The molecule has 0 amide bonds. The Morgan fingerprint density at radius 3 is 1.55 bits per heavy atom. The number of para-hydroxylation sites is 3. The Bertz CT molecular complexity index is 2140. The Labute approximate surface area is 256 Å². The van der Waals surface area contributed by atoms with Crippen molar-refractivity contribution in [1.29, 1.82) is 0 Å². The molecule has 8 aromatic rings. The van der Waals surface area contributed by atoms with E-state index in [-0.39, 0.29) is 0 Å². The first-order chi connectivity index (χ1) is 21.8. The predicted molar refractivity (Wildman–Crippen MR) is 184 cm³/mol. The van der Waals surface area contributed by atoms with Gasteiger partial charge >= 0.3 is 0 Å². The molecule has 0 atom stereocenters. The number of benzene rings is 7. The van der Waals surface area contributed by atoms with Crippen LogP contribution in [-0.4, -0.2) is 9.55 Å². The highest BCUT2D eigenvalue weighted by atomic mass is 15.1. The summed E-state index contributed by atoms with van der Waals surface area (Å²) < 4.78 is 2.29.